The van der Waals surface area contributed by atoms with Crippen molar-refractivity contribution in [3.8, 4) is 6.07 Å². The lowest BCUT2D eigenvalue weighted by molar-refractivity contribution is -0.142. The minimum atomic E-state index is -1.14. The van der Waals surface area contributed by atoms with Gasteiger partial charge in [0.1, 0.15) is 17.7 Å². The Morgan fingerprint density at radius 1 is 1.48 bits per heavy atom. The van der Waals surface area contributed by atoms with Gasteiger partial charge < -0.3 is 15.7 Å². The lowest BCUT2D eigenvalue weighted by Gasteiger charge is -2.17. The van der Waals surface area contributed by atoms with Crippen molar-refractivity contribution in [1.82, 2.24) is 10.3 Å². The van der Waals surface area contributed by atoms with E-state index in [1.54, 1.807) is 38.2 Å². The fraction of sp³-hybridized carbons (Fsp3) is 0.286. The fourth-order valence-electron chi connectivity index (χ4n) is 1.48. The molecule has 1 aromatic heterocycles. The van der Waals surface area contributed by atoms with Crippen LogP contribution >= 0.6 is 0 Å². The number of hydrogen-bond donors (Lipinski definition) is 3. The molecule has 1 amide bonds. The molecular formula is C14H16N4O3. The van der Waals surface area contributed by atoms with E-state index in [0.717, 1.165) is 0 Å². The molecule has 0 saturated carbocycles. The van der Waals surface area contributed by atoms with Gasteiger partial charge in [-0.15, -0.1) is 0 Å². The molecule has 0 bridgehead atoms. The first kappa shape index (κ1) is 16.2. The normalized spacial score (nSPS) is 12.4. The molecular weight excluding hydrogens is 272 g/mol. The number of nitrogens with one attached hydrogen (secondary N) is 2. The first-order chi connectivity index (χ1) is 9.95. The number of pyridine rings is 1. The van der Waals surface area contributed by atoms with Crippen LogP contribution in [-0.2, 0) is 9.59 Å². The largest absolute Gasteiger partial charge is 0.480 e. The summed E-state index contributed by atoms with van der Waals surface area (Å²) in [4.78, 5) is 26.8. The molecule has 1 rings (SSSR count). The van der Waals surface area contributed by atoms with E-state index in [2.05, 4.69) is 15.6 Å². The van der Waals surface area contributed by atoms with Gasteiger partial charge in [0.25, 0.3) is 5.91 Å². The Bertz CT molecular complexity index is 576. The average molecular weight is 288 g/mol. The van der Waals surface area contributed by atoms with Crippen LogP contribution in [0.3, 0.4) is 0 Å². The quantitative estimate of drug-likeness (QED) is 0.534. The minimum Gasteiger partial charge on any atom is -0.480 e. The molecule has 0 spiro atoms. The third kappa shape index (κ3) is 4.95. The molecule has 7 heteroatoms. The van der Waals surface area contributed by atoms with Crippen molar-refractivity contribution in [2.45, 2.75) is 19.9 Å². The van der Waals surface area contributed by atoms with Gasteiger partial charge in [0, 0.05) is 12.4 Å². The SMILES string of the molecule is CC(C)C(NC(=O)/C(C#N)=C\Nc1cccnc1)C(=O)O. The summed E-state index contributed by atoms with van der Waals surface area (Å²) in [6, 6.07) is 4.09. The van der Waals surface area contributed by atoms with Gasteiger partial charge in [0.15, 0.2) is 0 Å². The summed E-state index contributed by atoms with van der Waals surface area (Å²) in [5.74, 6) is -2.18. The van der Waals surface area contributed by atoms with E-state index >= 15 is 0 Å². The van der Waals surface area contributed by atoms with Crippen molar-refractivity contribution in [2.24, 2.45) is 5.92 Å². The number of hydrogen-bond acceptors (Lipinski definition) is 5. The van der Waals surface area contributed by atoms with E-state index in [-0.39, 0.29) is 11.5 Å². The Balaban J connectivity index is 2.78. The molecule has 0 aliphatic heterocycles. The van der Waals surface area contributed by atoms with E-state index in [0.29, 0.717) is 5.69 Å². The van der Waals surface area contributed by atoms with Gasteiger partial charge in [-0.3, -0.25) is 9.78 Å². The zero-order valence-corrected chi connectivity index (χ0v) is 11.7. The van der Waals surface area contributed by atoms with Crippen LogP contribution < -0.4 is 10.6 Å². The average Bonchev–Trinajstić information content (AvgIpc) is 2.45. The van der Waals surface area contributed by atoms with Gasteiger partial charge >= 0.3 is 5.97 Å². The first-order valence-electron chi connectivity index (χ1n) is 6.26. The molecule has 1 atom stereocenters. The Morgan fingerprint density at radius 2 is 2.19 bits per heavy atom. The zero-order chi connectivity index (χ0) is 15.8. The second kappa shape index (κ2) is 7.65. The molecule has 0 radical (unpaired) electrons. The molecule has 0 saturated heterocycles. The minimum absolute atomic E-state index is 0.217. The number of amides is 1. The van der Waals surface area contributed by atoms with Gasteiger partial charge in [-0.1, -0.05) is 13.8 Å². The Morgan fingerprint density at radius 3 is 2.67 bits per heavy atom. The van der Waals surface area contributed by atoms with Gasteiger partial charge in [0.05, 0.1) is 11.9 Å². The van der Waals surface area contributed by atoms with Gasteiger partial charge in [0.2, 0.25) is 0 Å². The molecule has 110 valence electrons. The first-order valence-corrected chi connectivity index (χ1v) is 6.26. The van der Waals surface area contributed by atoms with E-state index < -0.39 is 17.9 Å². The van der Waals surface area contributed by atoms with Crippen molar-refractivity contribution in [2.75, 3.05) is 5.32 Å². The smallest absolute Gasteiger partial charge is 0.326 e. The topological polar surface area (TPSA) is 115 Å². The second-order valence-electron chi connectivity index (χ2n) is 4.59. The molecule has 0 aromatic carbocycles. The summed E-state index contributed by atoms with van der Waals surface area (Å²) >= 11 is 0. The van der Waals surface area contributed by atoms with Gasteiger partial charge in [-0.05, 0) is 18.1 Å². The standard InChI is InChI=1S/C14H16N4O3/c1-9(2)12(14(20)21)18-13(19)10(6-15)7-17-11-4-3-5-16-8-11/h3-5,7-9,12,17H,1-2H3,(H,18,19)(H,20,21)/b10-7-. The summed E-state index contributed by atoms with van der Waals surface area (Å²) in [6.45, 7) is 3.34. The van der Waals surface area contributed by atoms with Crippen LogP contribution in [0.2, 0.25) is 0 Å². The van der Waals surface area contributed by atoms with Crippen LogP contribution in [0.4, 0.5) is 5.69 Å². The van der Waals surface area contributed by atoms with Crippen LogP contribution in [0, 0.1) is 17.2 Å². The Kier molecular flexibility index (Phi) is 5.89. The maximum Gasteiger partial charge on any atom is 0.326 e. The summed E-state index contributed by atoms with van der Waals surface area (Å²) < 4.78 is 0. The van der Waals surface area contributed by atoms with Crippen LogP contribution in [-0.4, -0.2) is 28.0 Å². The Hall–Kier alpha value is -2.88. The number of rotatable bonds is 6. The fourth-order valence-corrected chi connectivity index (χ4v) is 1.48. The lowest BCUT2D eigenvalue weighted by atomic mass is 10.0. The summed E-state index contributed by atoms with van der Waals surface area (Å²) in [5.41, 5.74) is 0.391. The number of carbonyl (C=O) groups is 2. The summed E-state index contributed by atoms with van der Waals surface area (Å²) in [6.07, 6.45) is 4.33. The second-order valence-corrected chi connectivity index (χ2v) is 4.59. The van der Waals surface area contributed by atoms with Gasteiger partial charge in [-0.25, -0.2) is 4.79 Å². The van der Waals surface area contributed by atoms with Crippen molar-refractivity contribution in [1.29, 1.82) is 5.26 Å². The molecule has 0 aliphatic rings. The highest BCUT2D eigenvalue weighted by Crippen LogP contribution is 2.06. The number of anilines is 1. The van der Waals surface area contributed by atoms with Crippen molar-refractivity contribution >= 4 is 17.6 Å². The van der Waals surface area contributed by atoms with Gasteiger partial charge in [-0.2, -0.15) is 5.26 Å². The number of aliphatic carboxylic acids is 1. The number of carbonyl (C=O) groups excluding carboxylic acids is 1. The molecule has 1 heterocycles. The van der Waals surface area contributed by atoms with Crippen molar-refractivity contribution in [3.63, 3.8) is 0 Å². The van der Waals surface area contributed by atoms with Crippen molar-refractivity contribution < 1.29 is 14.7 Å². The van der Waals surface area contributed by atoms with E-state index in [1.165, 1.54) is 12.4 Å². The maximum atomic E-state index is 11.9. The number of carboxylic acids is 1. The lowest BCUT2D eigenvalue weighted by Crippen LogP contribution is -2.44. The van der Waals surface area contributed by atoms with Crippen LogP contribution in [0.25, 0.3) is 0 Å². The molecule has 1 aromatic rings. The predicted molar refractivity (Wildman–Crippen MR) is 76.0 cm³/mol. The Labute approximate surface area is 122 Å². The predicted octanol–water partition coefficient (Wildman–Crippen LogP) is 1.13. The van der Waals surface area contributed by atoms with Crippen LogP contribution in [0.1, 0.15) is 13.8 Å². The molecule has 21 heavy (non-hydrogen) atoms. The number of nitrogens with zero attached hydrogens (tertiary/aromatic N) is 2. The monoisotopic (exact) mass is 288 g/mol. The molecule has 0 aliphatic carbocycles. The van der Waals surface area contributed by atoms with E-state index in [1.807, 2.05) is 0 Å². The number of carboxylic acid groups (broad SMARTS) is 1. The zero-order valence-electron chi connectivity index (χ0n) is 11.7. The molecule has 3 N–H and O–H groups in total. The maximum absolute atomic E-state index is 11.9. The highest BCUT2D eigenvalue weighted by Gasteiger charge is 2.24. The van der Waals surface area contributed by atoms with Crippen LogP contribution in [0.15, 0.2) is 36.3 Å². The van der Waals surface area contributed by atoms with E-state index in [9.17, 15) is 9.59 Å². The molecule has 1 unspecified atom stereocenters. The highest BCUT2D eigenvalue weighted by molar-refractivity contribution is 5.99. The summed E-state index contributed by atoms with van der Waals surface area (Å²) in [5, 5.41) is 23.1. The number of aromatic nitrogens is 1. The van der Waals surface area contributed by atoms with Crippen LogP contribution in [0.5, 0.6) is 0 Å². The molecule has 7 nitrogen and oxygen atoms in total. The summed E-state index contributed by atoms with van der Waals surface area (Å²) in [7, 11) is 0. The third-order valence-corrected chi connectivity index (χ3v) is 2.63. The number of nitriles is 1. The van der Waals surface area contributed by atoms with Crippen molar-refractivity contribution in [3.05, 3.63) is 36.3 Å². The molecule has 0 fully saturated rings. The highest BCUT2D eigenvalue weighted by atomic mass is 16.4. The van der Waals surface area contributed by atoms with E-state index in [4.69, 9.17) is 10.4 Å². The third-order valence-electron chi connectivity index (χ3n) is 2.63.